The summed E-state index contributed by atoms with van der Waals surface area (Å²) in [5, 5.41) is 4.32. The van der Waals surface area contributed by atoms with Gasteiger partial charge in [0, 0.05) is 39.7 Å². The molecule has 3 rings (SSSR count). The SMILES string of the molecule is CNc1nc(-c2cc(Cl)cc(Cl)c2)nc2c1CSC2. The van der Waals surface area contributed by atoms with Gasteiger partial charge in [-0.25, -0.2) is 9.97 Å². The predicted molar refractivity (Wildman–Crippen MR) is 82.0 cm³/mol. The van der Waals surface area contributed by atoms with E-state index in [0.29, 0.717) is 15.9 Å². The number of nitrogens with one attached hydrogen (secondary N) is 1. The lowest BCUT2D eigenvalue weighted by molar-refractivity contribution is 1.07. The maximum Gasteiger partial charge on any atom is 0.161 e. The van der Waals surface area contributed by atoms with Crippen molar-refractivity contribution in [2.24, 2.45) is 0 Å². The summed E-state index contributed by atoms with van der Waals surface area (Å²) >= 11 is 13.9. The summed E-state index contributed by atoms with van der Waals surface area (Å²) < 4.78 is 0. The van der Waals surface area contributed by atoms with Gasteiger partial charge in [-0.15, -0.1) is 0 Å². The Bertz CT molecular complexity index is 626. The van der Waals surface area contributed by atoms with Crippen LogP contribution in [0.15, 0.2) is 18.2 Å². The maximum absolute atomic E-state index is 6.03. The van der Waals surface area contributed by atoms with E-state index >= 15 is 0 Å². The van der Waals surface area contributed by atoms with Crippen molar-refractivity contribution in [3.8, 4) is 11.4 Å². The van der Waals surface area contributed by atoms with Crippen molar-refractivity contribution in [1.82, 2.24) is 9.97 Å². The van der Waals surface area contributed by atoms with Crippen molar-refractivity contribution in [1.29, 1.82) is 0 Å². The molecule has 19 heavy (non-hydrogen) atoms. The Labute approximate surface area is 125 Å². The minimum Gasteiger partial charge on any atom is -0.373 e. The zero-order chi connectivity index (χ0) is 13.4. The van der Waals surface area contributed by atoms with Crippen molar-refractivity contribution in [2.75, 3.05) is 12.4 Å². The van der Waals surface area contributed by atoms with Crippen molar-refractivity contribution in [2.45, 2.75) is 11.5 Å². The number of aromatic nitrogens is 2. The molecule has 0 aliphatic carbocycles. The van der Waals surface area contributed by atoms with Gasteiger partial charge in [0.1, 0.15) is 5.82 Å². The van der Waals surface area contributed by atoms with Gasteiger partial charge in [0.05, 0.1) is 5.69 Å². The molecule has 1 N–H and O–H groups in total. The summed E-state index contributed by atoms with van der Waals surface area (Å²) in [4.78, 5) is 9.19. The molecule has 98 valence electrons. The maximum atomic E-state index is 6.03. The fraction of sp³-hybridized carbons (Fsp3) is 0.231. The lowest BCUT2D eigenvalue weighted by Crippen LogP contribution is -2.03. The average molecular weight is 312 g/mol. The van der Waals surface area contributed by atoms with Crippen LogP contribution in [0.1, 0.15) is 11.3 Å². The summed E-state index contributed by atoms with van der Waals surface area (Å²) in [6.07, 6.45) is 0. The highest BCUT2D eigenvalue weighted by Crippen LogP contribution is 2.35. The van der Waals surface area contributed by atoms with Gasteiger partial charge in [-0.1, -0.05) is 23.2 Å². The first kappa shape index (κ1) is 13.0. The van der Waals surface area contributed by atoms with Gasteiger partial charge >= 0.3 is 0 Å². The van der Waals surface area contributed by atoms with E-state index in [0.717, 1.165) is 28.6 Å². The Morgan fingerprint density at radius 1 is 1.11 bits per heavy atom. The zero-order valence-electron chi connectivity index (χ0n) is 10.2. The van der Waals surface area contributed by atoms with Crippen molar-refractivity contribution >= 4 is 40.8 Å². The number of hydrogen-bond acceptors (Lipinski definition) is 4. The smallest absolute Gasteiger partial charge is 0.161 e. The molecule has 1 aliphatic rings. The summed E-state index contributed by atoms with van der Waals surface area (Å²) in [5.74, 6) is 3.44. The van der Waals surface area contributed by atoms with Crippen LogP contribution in [-0.2, 0) is 11.5 Å². The van der Waals surface area contributed by atoms with E-state index in [4.69, 9.17) is 23.2 Å². The van der Waals surface area contributed by atoms with Gasteiger partial charge in [-0.05, 0) is 18.2 Å². The number of thioether (sulfide) groups is 1. The minimum atomic E-state index is 0.590. The van der Waals surface area contributed by atoms with E-state index in [9.17, 15) is 0 Å². The average Bonchev–Trinajstić information content (AvgIpc) is 2.84. The van der Waals surface area contributed by atoms with E-state index in [2.05, 4.69) is 15.3 Å². The summed E-state index contributed by atoms with van der Waals surface area (Å²) in [5.41, 5.74) is 3.13. The van der Waals surface area contributed by atoms with E-state index < -0.39 is 0 Å². The molecular formula is C13H11Cl2N3S. The molecule has 2 aromatic rings. The Hall–Kier alpha value is -0.970. The van der Waals surface area contributed by atoms with Crippen LogP contribution in [0, 0.1) is 0 Å². The lowest BCUT2D eigenvalue weighted by Gasteiger charge is -2.09. The molecule has 0 unspecified atom stereocenters. The van der Waals surface area contributed by atoms with Crippen LogP contribution < -0.4 is 5.32 Å². The molecule has 0 radical (unpaired) electrons. The highest BCUT2D eigenvalue weighted by Gasteiger charge is 2.19. The van der Waals surface area contributed by atoms with Gasteiger partial charge < -0.3 is 5.32 Å². The van der Waals surface area contributed by atoms with E-state index in [1.165, 1.54) is 5.56 Å². The quantitative estimate of drug-likeness (QED) is 0.900. The van der Waals surface area contributed by atoms with Crippen LogP contribution in [0.3, 0.4) is 0 Å². The van der Waals surface area contributed by atoms with E-state index in [-0.39, 0.29) is 0 Å². The molecule has 0 fully saturated rings. The highest BCUT2D eigenvalue weighted by molar-refractivity contribution is 7.98. The number of hydrogen-bond donors (Lipinski definition) is 1. The molecule has 0 amide bonds. The Morgan fingerprint density at radius 2 is 1.84 bits per heavy atom. The lowest BCUT2D eigenvalue weighted by atomic mass is 10.2. The van der Waals surface area contributed by atoms with Gasteiger partial charge in [-0.3, -0.25) is 0 Å². The largest absolute Gasteiger partial charge is 0.373 e. The van der Waals surface area contributed by atoms with Crippen LogP contribution in [0.4, 0.5) is 5.82 Å². The normalized spacial score (nSPS) is 13.4. The van der Waals surface area contributed by atoms with Crippen molar-refractivity contribution < 1.29 is 0 Å². The minimum absolute atomic E-state index is 0.590. The molecule has 6 heteroatoms. The molecule has 0 saturated carbocycles. The van der Waals surface area contributed by atoms with Crippen LogP contribution >= 0.6 is 35.0 Å². The molecule has 0 saturated heterocycles. The number of fused-ring (bicyclic) bond motifs is 1. The first-order valence-electron chi connectivity index (χ1n) is 5.79. The number of benzene rings is 1. The second kappa shape index (κ2) is 5.19. The van der Waals surface area contributed by atoms with Crippen LogP contribution in [0.25, 0.3) is 11.4 Å². The third-order valence-corrected chi connectivity index (χ3v) is 4.34. The molecule has 0 bridgehead atoms. The first-order valence-corrected chi connectivity index (χ1v) is 7.70. The third kappa shape index (κ3) is 2.53. The Morgan fingerprint density at radius 3 is 2.53 bits per heavy atom. The summed E-state index contributed by atoms with van der Waals surface area (Å²) in [7, 11) is 1.88. The fourth-order valence-corrected chi connectivity index (χ4v) is 3.64. The van der Waals surface area contributed by atoms with Crippen LogP contribution in [0.2, 0.25) is 10.0 Å². The molecule has 1 aromatic heterocycles. The van der Waals surface area contributed by atoms with E-state index in [1.54, 1.807) is 6.07 Å². The second-order valence-electron chi connectivity index (χ2n) is 4.22. The molecule has 1 aromatic carbocycles. The highest BCUT2D eigenvalue weighted by atomic mass is 35.5. The molecule has 0 spiro atoms. The standard InChI is InChI=1S/C13H11Cl2N3S/c1-16-13-10-5-19-6-11(10)17-12(18-13)7-2-8(14)4-9(15)3-7/h2-4H,5-6H2,1H3,(H,16,17,18). The Kier molecular flexibility index (Phi) is 3.56. The first-order chi connectivity index (χ1) is 9.17. The van der Waals surface area contributed by atoms with Gasteiger partial charge in [-0.2, -0.15) is 11.8 Å². The number of anilines is 1. The zero-order valence-corrected chi connectivity index (χ0v) is 12.5. The van der Waals surface area contributed by atoms with Crippen LogP contribution in [-0.4, -0.2) is 17.0 Å². The number of nitrogens with zero attached hydrogens (tertiary/aromatic N) is 2. The molecule has 3 nitrogen and oxygen atoms in total. The molecule has 2 heterocycles. The number of rotatable bonds is 2. The summed E-state index contributed by atoms with van der Waals surface area (Å²) in [6, 6.07) is 5.36. The van der Waals surface area contributed by atoms with Gasteiger partial charge in [0.15, 0.2) is 5.82 Å². The molecular weight excluding hydrogens is 301 g/mol. The van der Waals surface area contributed by atoms with Crippen molar-refractivity contribution in [3.05, 3.63) is 39.5 Å². The van der Waals surface area contributed by atoms with Crippen molar-refractivity contribution in [3.63, 3.8) is 0 Å². The third-order valence-electron chi connectivity index (χ3n) is 2.94. The number of halogens is 2. The fourth-order valence-electron chi connectivity index (χ4n) is 2.07. The molecule has 0 atom stereocenters. The van der Waals surface area contributed by atoms with E-state index in [1.807, 2.05) is 30.9 Å². The predicted octanol–water partition coefficient (Wildman–Crippen LogP) is 4.24. The Balaban J connectivity index is 2.15. The topological polar surface area (TPSA) is 37.8 Å². The second-order valence-corrected chi connectivity index (χ2v) is 6.08. The monoisotopic (exact) mass is 311 g/mol. The van der Waals surface area contributed by atoms with Gasteiger partial charge in [0.2, 0.25) is 0 Å². The van der Waals surface area contributed by atoms with Gasteiger partial charge in [0.25, 0.3) is 0 Å². The van der Waals surface area contributed by atoms with Crippen LogP contribution in [0.5, 0.6) is 0 Å². The molecule has 1 aliphatic heterocycles. The summed E-state index contributed by atoms with van der Waals surface area (Å²) in [6.45, 7) is 0.